The Morgan fingerprint density at radius 2 is 1.73 bits per heavy atom. The third kappa shape index (κ3) is 1.90. The second kappa shape index (κ2) is 3.80. The molecule has 1 rings (SSSR count). The normalized spacial score (nSPS) is 10.1. The van der Waals surface area contributed by atoms with Crippen molar-refractivity contribution in [3.63, 3.8) is 0 Å². The predicted molar refractivity (Wildman–Crippen MR) is 56.3 cm³/mol. The van der Waals surface area contributed by atoms with Crippen LogP contribution in [0.5, 0.6) is 0 Å². The summed E-state index contributed by atoms with van der Waals surface area (Å²) in [6.07, 6.45) is 0. The Bertz CT molecular complexity index is 278. The highest BCUT2D eigenvalue weighted by Gasteiger charge is 2.05. The molecule has 0 amide bonds. The summed E-state index contributed by atoms with van der Waals surface area (Å²) in [4.78, 5) is 0.861. The summed E-state index contributed by atoms with van der Waals surface area (Å²) in [6.45, 7) is 0. The minimum Gasteiger partial charge on any atom is -0.397 e. The molecule has 0 bridgehead atoms. The van der Waals surface area contributed by atoms with Crippen LogP contribution in [0, 0.1) is 0 Å². The van der Waals surface area contributed by atoms with E-state index in [1.807, 2.05) is 12.1 Å². The van der Waals surface area contributed by atoms with Gasteiger partial charge in [0.05, 0.1) is 10.6 Å². The summed E-state index contributed by atoms with van der Waals surface area (Å²) in [5.41, 5.74) is 6.39. The summed E-state index contributed by atoms with van der Waals surface area (Å²) in [7, 11) is 0. The van der Waals surface area contributed by atoms with Crippen LogP contribution in [-0.2, 0) is 0 Å². The lowest BCUT2D eigenvalue weighted by atomic mass is 10.3. The monoisotopic (exact) mass is 296 g/mol. The summed E-state index contributed by atoms with van der Waals surface area (Å²) >= 11 is 7.78. The second-order valence-electron chi connectivity index (χ2n) is 1.89. The van der Waals surface area contributed by atoms with Crippen molar-refractivity contribution in [3.8, 4) is 0 Å². The van der Waals surface area contributed by atoms with E-state index in [4.69, 9.17) is 10.9 Å². The van der Waals surface area contributed by atoms with Gasteiger partial charge in [0, 0.05) is 8.95 Å². The smallest absolute Gasteiger partial charge is 0.0621 e. The van der Waals surface area contributed by atoms with E-state index in [1.54, 1.807) is 0 Å². The fraction of sp³-hybridized carbons (Fsp3) is 0. The van der Waals surface area contributed by atoms with Gasteiger partial charge in [-0.2, -0.15) is 0 Å². The highest BCUT2D eigenvalue weighted by Crippen LogP contribution is 2.34. The lowest BCUT2D eigenvalue weighted by Crippen LogP contribution is -1.93. The maximum Gasteiger partial charge on any atom is 0.0621 e. The standard InChI is InChI=1S/C6H6Br2N2S/c7-3-1-2-4(8)6(11-10)5(3)9/h1-2H,9-10H2. The molecule has 5 heteroatoms. The molecule has 4 N–H and O–H groups in total. The molecule has 0 heterocycles. The van der Waals surface area contributed by atoms with Crippen LogP contribution in [0.1, 0.15) is 0 Å². The summed E-state index contributed by atoms with van der Waals surface area (Å²) in [6, 6.07) is 3.77. The largest absolute Gasteiger partial charge is 0.397 e. The highest BCUT2D eigenvalue weighted by atomic mass is 79.9. The molecule has 0 aliphatic carbocycles. The van der Waals surface area contributed by atoms with E-state index in [9.17, 15) is 0 Å². The molecule has 0 atom stereocenters. The minimum absolute atomic E-state index is 0.673. The van der Waals surface area contributed by atoms with Gasteiger partial charge in [0.1, 0.15) is 0 Å². The molecule has 0 aromatic heterocycles. The Balaban J connectivity index is 3.29. The zero-order valence-corrected chi connectivity index (χ0v) is 9.46. The molecule has 0 spiro atoms. The molecular formula is C6H6Br2N2S. The van der Waals surface area contributed by atoms with Crippen molar-refractivity contribution >= 4 is 49.5 Å². The van der Waals surface area contributed by atoms with Crippen molar-refractivity contribution in [1.29, 1.82) is 0 Å². The Hall–Kier alpha value is 0.290. The third-order valence-corrected chi connectivity index (χ3v) is 3.50. The lowest BCUT2D eigenvalue weighted by Gasteiger charge is -2.05. The predicted octanol–water partition coefficient (Wildman–Crippen LogP) is 2.76. The van der Waals surface area contributed by atoms with E-state index in [2.05, 4.69) is 31.9 Å². The van der Waals surface area contributed by atoms with Gasteiger partial charge < -0.3 is 5.73 Å². The SMILES string of the molecule is NSc1c(Br)ccc(Br)c1N. The van der Waals surface area contributed by atoms with Crippen LogP contribution in [-0.4, -0.2) is 0 Å². The van der Waals surface area contributed by atoms with Gasteiger partial charge in [-0.05, 0) is 55.9 Å². The van der Waals surface area contributed by atoms with Gasteiger partial charge in [-0.1, -0.05) is 0 Å². The average molecular weight is 298 g/mol. The number of hydrogen-bond acceptors (Lipinski definition) is 3. The van der Waals surface area contributed by atoms with Crippen molar-refractivity contribution in [1.82, 2.24) is 0 Å². The molecule has 60 valence electrons. The summed E-state index contributed by atoms with van der Waals surface area (Å²) in [5, 5.41) is 5.41. The fourth-order valence-electron chi connectivity index (χ4n) is 0.669. The molecule has 0 aliphatic heterocycles. The van der Waals surface area contributed by atoms with E-state index < -0.39 is 0 Å². The Kier molecular flexibility index (Phi) is 3.24. The molecule has 0 aliphatic rings. The molecule has 2 nitrogen and oxygen atoms in total. The van der Waals surface area contributed by atoms with Gasteiger partial charge in [-0.3, -0.25) is 5.14 Å². The number of anilines is 1. The van der Waals surface area contributed by atoms with Crippen LogP contribution in [0.15, 0.2) is 26.0 Å². The molecule has 0 saturated carbocycles. The minimum atomic E-state index is 0.673. The Morgan fingerprint density at radius 3 is 2.18 bits per heavy atom. The second-order valence-corrected chi connectivity index (χ2v) is 4.24. The van der Waals surface area contributed by atoms with Crippen LogP contribution in [0.25, 0.3) is 0 Å². The summed E-state index contributed by atoms with van der Waals surface area (Å²) < 4.78 is 1.79. The fourth-order valence-corrected chi connectivity index (χ4v) is 2.17. The molecule has 1 aromatic carbocycles. The van der Waals surface area contributed by atoms with Crippen molar-refractivity contribution < 1.29 is 0 Å². The number of halogens is 2. The maximum absolute atomic E-state index is 5.72. The first-order valence-electron chi connectivity index (χ1n) is 2.77. The maximum atomic E-state index is 5.72. The Morgan fingerprint density at radius 1 is 1.18 bits per heavy atom. The van der Waals surface area contributed by atoms with Gasteiger partial charge in [0.15, 0.2) is 0 Å². The van der Waals surface area contributed by atoms with Crippen molar-refractivity contribution in [2.24, 2.45) is 5.14 Å². The first kappa shape index (κ1) is 9.38. The number of nitrogen functional groups attached to an aromatic ring is 1. The van der Waals surface area contributed by atoms with Gasteiger partial charge in [0.2, 0.25) is 0 Å². The topological polar surface area (TPSA) is 52.0 Å². The zero-order chi connectivity index (χ0) is 8.43. The quantitative estimate of drug-likeness (QED) is 0.619. The van der Waals surface area contributed by atoms with Gasteiger partial charge in [-0.15, -0.1) is 0 Å². The van der Waals surface area contributed by atoms with E-state index in [0.29, 0.717) is 5.69 Å². The van der Waals surface area contributed by atoms with Crippen LogP contribution >= 0.6 is 43.8 Å². The lowest BCUT2D eigenvalue weighted by molar-refractivity contribution is 1.39. The first-order chi connectivity index (χ1) is 5.16. The van der Waals surface area contributed by atoms with Gasteiger partial charge in [-0.25, -0.2) is 0 Å². The molecule has 0 saturated heterocycles. The molecule has 11 heavy (non-hydrogen) atoms. The molecular weight excluding hydrogens is 292 g/mol. The molecule has 0 unspecified atom stereocenters. The molecule has 1 aromatic rings. The first-order valence-corrected chi connectivity index (χ1v) is 5.23. The number of hydrogen-bond donors (Lipinski definition) is 2. The number of nitrogens with two attached hydrogens (primary N) is 2. The molecule has 0 radical (unpaired) electrons. The number of rotatable bonds is 1. The van der Waals surface area contributed by atoms with Crippen molar-refractivity contribution in [2.45, 2.75) is 4.90 Å². The van der Waals surface area contributed by atoms with Gasteiger partial charge >= 0.3 is 0 Å². The van der Waals surface area contributed by atoms with Crippen LogP contribution in [0.3, 0.4) is 0 Å². The zero-order valence-electron chi connectivity index (χ0n) is 5.47. The Labute approximate surface area is 86.1 Å². The summed E-state index contributed by atoms with van der Waals surface area (Å²) in [5.74, 6) is 0. The van der Waals surface area contributed by atoms with E-state index in [-0.39, 0.29) is 0 Å². The molecule has 0 fully saturated rings. The van der Waals surface area contributed by atoms with Crippen molar-refractivity contribution in [2.75, 3.05) is 5.73 Å². The average Bonchev–Trinajstić information content (AvgIpc) is 1.99. The van der Waals surface area contributed by atoms with Crippen LogP contribution < -0.4 is 10.9 Å². The van der Waals surface area contributed by atoms with E-state index >= 15 is 0 Å². The van der Waals surface area contributed by atoms with Crippen LogP contribution in [0.2, 0.25) is 0 Å². The highest BCUT2D eigenvalue weighted by molar-refractivity contribution is 9.11. The third-order valence-electron chi connectivity index (χ3n) is 1.21. The van der Waals surface area contributed by atoms with Crippen LogP contribution in [0.4, 0.5) is 5.69 Å². The van der Waals surface area contributed by atoms with E-state index in [0.717, 1.165) is 25.8 Å². The van der Waals surface area contributed by atoms with Gasteiger partial charge in [0.25, 0.3) is 0 Å². The number of benzene rings is 1. The van der Waals surface area contributed by atoms with E-state index in [1.165, 1.54) is 0 Å². The van der Waals surface area contributed by atoms with Crippen molar-refractivity contribution in [3.05, 3.63) is 21.1 Å².